The third kappa shape index (κ3) is 4.68. The number of amides is 1. The van der Waals surface area contributed by atoms with Crippen LogP contribution in [-0.2, 0) is 4.74 Å². The van der Waals surface area contributed by atoms with E-state index in [9.17, 15) is 9.59 Å². The van der Waals surface area contributed by atoms with E-state index < -0.39 is 5.60 Å². The Hall–Kier alpha value is -3.95. The fraction of sp³-hybridized carbons (Fsp3) is 0.400. The number of hydrogen-bond acceptors (Lipinski definition) is 7. The van der Waals surface area contributed by atoms with Gasteiger partial charge in [-0.3, -0.25) is 4.79 Å². The highest BCUT2D eigenvalue weighted by atomic mass is 16.6. The monoisotopic (exact) mass is 475 g/mol. The van der Waals surface area contributed by atoms with Crippen LogP contribution in [0.3, 0.4) is 0 Å². The van der Waals surface area contributed by atoms with Gasteiger partial charge in [-0.2, -0.15) is 5.10 Å². The van der Waals surface area contributed by atoms with Gasteiger partial charge in [-0.25, -0.2) is 19.3 Å². The zero-order valence-electron chi connectivity index (χ0n) is 20.3. The van der Waals surface area contributed by atoms with Gasteiger partial charge in [0.15, 0.2) is 0 Å². The van der Waals surface area contributed by atoms with E-state index in [2.05, 4.69) is 20.3 Å². The number of hydrogen-bond donors (Lipinski definition) is 2. The van der Waals surface area contributed by atoms with E-state index in [1.54, 1.807) is 17.2 Å². The number of nitrogens with one attached hydrogen (secondary N) is 2. The van der Waals surface area contributed by atoms with Gasteiger partial charge in [0.25, 0.3) is 5.56 Å². The van der Waals surface area contributed by atoms with Crippen molar-refractivity contribution in [3.05, 3.63) is 58.3 Å². The van der Waals surface area contributed by atoms with Crippen molar-refractivity contribution in [2.24, 2.45) is 0 Å². The summed E-state index contributed by atoms with van der Waals surface area (Å²) in [7, 11) is 0. The predicted molar refractivity (Wildman–Crippen MR) is 133 cm³/mol. The Bertz CT molecular complexity index is 1460. The molecule has 1 aliphatic rings. The van der Waals surface area contributed by atoms with Gasteiger partial charge in [-0.05, 0) is 58.7 Å². The zero-order chi connectivity index (χ0) is 24.7. The van der Waals surface area contributed by atoms with Crippen molar-refractivity contribution in [1.82, 2.24) is 29.5 Å². The van der Waals surface area contributed by atoms with E-state index in [1.165, 1.54) is 0 Å². The van der Waals surface area contributed by atoms with Gasteiger partial charge < -0.3 is 19.9 Å². The molecule has 1 fully saturated rings. The van der Waals surface area contributed by atoms with Crippen LogP contribution in [0.1, 0.15) is 50.9 Å². The maximum atomic E-state index is 12.7. The Morgan fingerprint density at radius 2 is 1.97 bits per heavy atom. The fourth-order valence-electron chi connectivity index (χ4n) is 4.50. The summed E-state index contributed by atoms with van der Waals surface area (Å²) < 4.78 is 7.34. The molecular weight excluding hydrogens is 446 g/mol. The molecule has 35 heavy (non-hydrogen) atoms. The molecule has 0 atom stereocenters. The predicted octanol–water partition coefficient (Wildman–Crippen LogP) is 4.13. The largest absolute Gasteiger partial charge is 0.444 e. The molecule has 0 radical (unpaired) electrons. The summed E-state index contributed by atoms with van der Waals surface area (Å²) in [5, 5.41) is 8.87. The summed E-state index contributed by atoms with van der Waals surface area (Å²) in [6.45, 7) is 8.61. The number of benzene rings is 1. The molecule has 1 amide bonds. The molecule has 1 saturated heterocycles. The number of nitrogens with zero attached hydrogens (tertiary/aromatic N) is 5. The van der Waals surface area contributed by atoms with Crippen LogP contribution in [0.5, 0.6) is 0 Å². The summed E-state index contributed by atoms with van der Waals surface area (Å²) in [4.78, 5) is 38.6. The van der Waals surface area contributed by atoms with Crippen LogP contribution in [0, 0.1) is 6.92 Å². The van der Waals surface area contributed by atoms with Crippen LogP contribution >= 0.6 is 0 Å². The number of piperidine rings is 1. The number of likely N-dealkylation sites (tertiary alicyclic amines) is 1. The van der Waals surface area contributed by atoms with E-state index >= 15 is 0 Å². The fourth-order valence-corrected chi connectivity index (χ4v) is 4.50. The van der Waals surface area contributed by atoms with Crippen LogP contribution in [0.15, 0.2) is 41.3 Å². The minimum absolute atomic E-state index is 0.0873. The number of rotatable bonds is 3. The molecule has 182 valence electrons. The Morgan fingerprint density at radius 1 is 1.20 bits per heavy atom. The van der Waals surface area contributed by atoms with E-state index in [0.717, 1.165) is 40.8 Å². The second-order valence-corrected chi connectivity index (χ2v) is 9.91. The van der Waals surface area contributed by atoms with E-state index in [1.807, 2.05) is 56.5 Å². The first-order chi connectivity index (χ1) is 16.7. The molecule has 4 aromatic rings. The Kier molecular flexibility index (Phi) is 5.66. The lowest BCUT2D eigenvalue weighted by Gasteiger charge is -2.33. The summed E-state index contributed by atoms with van der Waals surface area (Å²) in [5.41, 5.74) is 3.09. The average Bonchev–Trinajstić information content (AvgIpc) is 3.17. The molecule has 5 rings (SSSR count). The molecular formula is C25H29N7O3. The Balaban J connectivity index is 1.48. The molecule has 2 N–H and O–H groups in total. The molecule has 0 aliphatic carbocycles. The number of fused-ring (bicyclic) bond motifs is 3. The quantitative estimate of drug-likeness (QED) is 0.457. The lowest BCUT2D eigenvalue weighted by atomic mass is 9.93. The molecule has 1 aromatic carbocycles. The first-order valence-corrected chi connectivity index (χ1v) is 11.8. The molecule has 10 heteroatoms. The van der Waals surface area contributed by atoms with Gasteiger partial charge in [-0.15, -0.1) is 0 Å². The summed E-state index contributed by atoms with van der Waals surface area (Å²) in [5.74, 6) is 0.564. The standard InChI is InChI=1S/C25H29N7O3/c1-15-8-11-26-23(27-15)28-17-6-5-7-18-21(17)22-29-20(33)14-19(32(22)30-18)16-9-12-31(13-10-16)24(34)35-25(2,3)4/h5-8,11,14,16H,9-10,12-13H2,1-4H3,(H,29,33)(H,26,27,28). The van der Waals surface area contributed by atoms with E-state index in [4.69, 9.17) is 9.84 Å². The minimum atomic E-state index is -0.531. The summed E-state index contributed by atoms with van der Waals surface area (Å²) >= 11 is 0. The molecule has 0 bridgehead atoms. The summed E-state index contributed by atoms with van der Waals surface area (Å²) in [6.07, 6.45) is 2.84. The number of H-pyrrole nitrogens is 1. The van der Waals surface area contributed by atoms with Crippen LogP contribution < -0.4 is 10.9 Å². The van der Waals surface area contributed by atoms with Crippen LogP contribution in [-0.4, -0.2) is 54.2 Å². The van der Waals surface area contributed by atoms with Crippen molar-refractivity contribution >= 4 is 34.3 Å². The van der Waals surface area contributed by atoms with Gasteiger partial charge in [0.2, 0.25) is 5.95 Å². The Labute approximate surface area is 202 Å². The highest BCUT2D eigenvalue weighted by molar-refractivity contribution is 6.02. The van der Waals surface area contributed by atoms with Crippen molar-refractivity contribution in [1.29, 1.82) is 0 Å². The second kappa shape index (κ2) is 8.68. The molecule has 4 heterocycles. The molecule has 0 unspecified atom stereocenters. The number of carbonyl (C=O) groups excluding carboxylic acids is 1. The smallest absolute Gasteiger partial charge is 0.410 e. The highest BCUT2D eigenvalue weighted by Gasteiger charge is 2.29. The van der Waals surface area contributed by atoms with Gasteiger partial charge in [-0.1, -0.05) is 6.07 Å². The minimum Gasteiger partial charge on any atom is -0.444 e. The maximum Gasteiger partial charge on any atom is 0.410 e. The van der Waals surface area contributed by atoms with Gasteiger partial charge in [0, 0.05) is 37.0 Å². The molecule has 3 aromatic heterocycles. The molecule has 1 aliphatic heterocycles. The third-order valence-corrected chi connectivity index (χ3v) is 6.07. The second-order valence-electron chi connectivity index (χ2n) is 9.91. The topological polar surface area (TPSA) is 118 Å². The molecule has 0 saturated carbocycles. The number of anilines is 2. The molecule has 0 spiro atoms. The lowest BCUT2D eigenvalue weighted by Crippen LogP contribution is -2.41. The van der Waals surface area contributed by atoms with Crippen LogP contribution in [0.25, 0.3) is 16.6 Å². The Morgan fingerprint density at radius 3 is 2.69 bits per heavy atom. The number of carbonyl (C=O) groups is 1. The average molecular weight is 476 g/mol. The van der Waals surface area contributed by atoms with Gasteiger partial charge in [0.05, 0.1) is 22.3 Å². The zero-order valence-corrected chi connectivity index (χ0v) is 20.3. The van der Waals surface area contributed by atoms with Crippen molar-refractivity contribution in [3.8, 4) is 0 Å². The molecule has 10 nitrogen and oxygen atoms in total. The number of aromatic amines is 1. The SMILES string of the molecule is Cc1ccnc(Nc2cccc3nn4c(C5CCN(C(=O)OC(C)(C)C)CC5)cc(=O)[nH]c4c23)n1. The van der Waals surface area contributed by atoms with Crippen molar-refractivity contribution in [2.45, 2.75) is 52.1 Å². The van der Waals surface area contributed by atoms with Gasteiger partial charge in [0.1, 0.15) is 11.2 Å². The number of aromatic nitrogens is 5. The van der Waals surface area contributed by atoms with Crippen LogP contribution in [0.4, 0.5) is 16.4 Å². The van der Waals surface area contributed by atoms with E-state index in [0.29, 0.717) is 24.7 Å². The first kappa shape index (κ1) is 22.8. The van der Waals surface area contributed by atoms with Gasteiger partial charge >= 0.3 is 6.09 Å². The van der Waals surface area contributed by atoms with Crippen molar-refractivity contribution in [2.75, 3.05) is 18.4 Å². The lowest BCUT2D eigenvalue weighted by molar-refractivity contribution is 0.0203. The maximum absolute atomic E-state index is 12.7. The summed E-state index contributed by atoms with van der Waals surface area (Å²) in [6, 6.07) is 9.18. The normalized spacial score (nSPS) is 15.0. The van der Waals surface area contributed by atoms with Crippen LogP contribution in [0.2, 0.25) is 0 Å². The highest BCUT2D eigenvalue weighted by Crippen LogP contribution is 2.32. The van der Waals surface area contributed by atoms with E-state index in [-0.39, 0.29) is 17.6 Å². The first-order valence-electron chi connectivity index (χ1n) is 11.8. The number of ether oxygens (including phenoxy) is 1. The van der Waals surface area contributed by atoms with Crippen molar-refractivity contribution < 1.29 is 9.53 Å². The third-order valence-electron chi connectivity index (χ3n) is 6.07. The number of aryl methyl sites for hydroxylation is 1. The van der Waals surface area contributed by atoms with Crippen molar-refractivity contribution in [3.63, 3.8) is 0 Å².